The molecule has 0 aliphatic carbocycles. The van der Waals surface area contributed by atoms with Gasteiger partial charge >= 0.3 is 22.1 Å². The van der Waals surface area contributed by atoms with Crippen molar-refractivity contribution in [2.24, 2.45) is 0 Å². The number of fused-ring (bicyclic) bond motifs is 1. The first-order chi connectivity index (χ1) is 22.3. The molecule has 5 heterocycles. The zero-order valence-corrected chi connectivity index (χ0v) is 29.0. The first-order valence-electron chi connectivity index (χ1n) is 14.8. The van der Waals surface area contributed by atoms with E-state index in [9.17, 15) is 39.0 Å². The van der Waals surface area contributed by atoms with E-state index in [0.717, 1.165) is 58.6 Å². The monoisotopic (exact) mass is 749 g/mol. The topological polar surface area (TPSA) is 72.9 Å². The van der Waals surface area contributed by atoms with Crippen molar-refractivity contribution in [2.45, 2.75) is 63.1 Å². The fraction of sp³-hybridized carbons (Fsp3) is 0.375. The van der Waals surface area contributed by atoms with E-state index in [0.29, 0.717) is 11.8 Å². The van der Waals surface area contributed by atoms with Crippen LogP contribution in [0.25, 0.3) is 27.6 Å². The lowest BCUT2D eigenvalue weighted by Gasteiger charge is -2.37. The third-order valence-corrected chi connectivity index (χ3v) is 12.8. The van der Waals surface area contributed by atoms with Gasteiger partial charge in [0.15, 0.2) is 11.5 Å². The van der Waals surface area contributed by atoms with E-state index < -0.39 is 54.0 Å². The summed E-state index contributed by atoms with van der Waals surface area (Å²) in [6.07, 6.45) is 11.4. The van der Waals surface area contributed by atoms with Crippen LogP contribution < -0.4 is 4.90 Å². The third kappa shape index (κ3) is 6.60. The summed E-state index contributed by atoms with van der Waals surface area (Å²) in [7, 11) is -6.02. The summed E-state index contributed by atoms with van der Waals surface area (Å²) < 4.78 is 128. The molecule has 16 heteroatoms. The lowest BCUT2D eigenvalue weighted by atomic mass is 9.90. The van der Waals surface area contributed by atoms with Crippen molar-refractivity contribution in [2.75, 3.05) is 18.0 Å². The Kier molecular flexibility index (Phi) is 8.95. The number of halogens is 6. The van der Waals surface area contributed by atoms with Crippen LogP contribution in [0.3, 0.4) is 0 Å². The van der Waals surface area contributed by atoms with Gasteiger partial charge in [-0.15, -0.1) is 22.7 Å². The Morgan fingerprint density at radius 3 is 1.98 bits per heavy atom. The Morgan fingerprint density at radius 1 is 0.917 bits per heavy atom. The minimum absolute atomic E-state index is 0.223. The normalized spacial score (nSPS) is 20.1. The molecule has 48 heavy (non-hydrogen) atoms. The fourth-order valence-electron chi connectivity index (χ4n) is 6.07. The second-order valence-electron chi connectivity index (χ2n) is 12.0. The minimum Gasteiger partial charge on any atom is -0.478 e. The van der Waals surface area contributed by atoms with Crippen molar-refractivity contribution >= 4 is 76.9 Å². The lowest BCUT2D eigenvalue weighted by Crippen LogP contribution is -2.34. The zero-order chi connectivity index (χ0) is 34.8. The van der Waals surface area contributed by atoms with Gasteiger partial charge in [0.2, 0.25) is 0 Å². The van der Waals surface area contributed by atoms with Crippen LogP contribution in [0.15, 0.2) is 52.3 Å². The predicted molar refractivity (Wildman–Crippen MR) is 178 cm³/mol. The summed E-state index contributed by atoms with van der Waals surface area (Å²) in [5.41, 5.74) is -7.68. The Morgan fingerprint density at radius 2 is 1.46 bits per heavy atom. The molecule has 1 unspecified atom stereocenters. The summed E-state index contributed by atoms with van der Waals surface area (Å²) in [5, 5.41) is 0. The van der Waals surface area contributed by atoms with Gasteiger partial charge in [0, 0.05) is 43.5 Å². The van der Waals surface area contributed by atoms with Gasteiger partial charge in [-0.3, -0.25) is 0 Å². The van der Waals surface area contributed by atoms with Crippen LogP contribution in [0.4, 0.5) is 32.0 Å². The molecule has 6 nitrogen and oxygen atoms in total. The van der Waals surface area contributed by atoms with Crippen LogP contribution in [-0.4, -0.2) is 42.3 Å². The molecule has 0 bridgehead atoms. The molecular weight excluding hydrogens is 721 g/mol. The van der Waals surface area contributed by atoms with E-state index in [1.807, 2.05) is 12.1 Å². The van der Waals surface area contributed by atoms with E-state index in [-0.39, 0.29) is 5.57 Å². The second kappa shape index (κ2) is 12.4. The summed E-state index contributed by atoms with van der Waals surface area (Å²) in [6, 6.07) is 8.39. The quantitative estimate of drug-likeness (QED) is 0.225. The van der Waals surface area contributed by atoms with E-state index in [1.165, 1.54) is 54.2 Å². The fourth-order valence-corrected chi connectivity index (χ4v) is 9.43. The minimum atomic E-state index is -6.02. The molecule has 0 N–H and O–H groups in total. The van der Waals surface area contributed by atoms with Gasteiger partial charge in [-0.05, 0) is 106 Å². The van der Waals surface area contributed by atoms with E-state index in [2.05, 4.69) is 33.4 Å². The number of alkyl halides is 6. The van der Waals surface area contributed by atoms with Crippen LogP contribution in [0, 0.1) is 0 Å². The molecule has 3 aromatic rings. The molecule has 0 saturated heterocycles. The molecule has 1 aromatic carbocycles. The average molecular weight is 750 g/mol. The van der Waals surface area contributed by atoms with Crippen LogP contribution in [0.1, 0.15) is 60.1 Å². The Balaban J connectivity index is 1.29. The highest BCUT2D eigenvalue weighted by Gasteiger charge is 2.52. The number of benzene rings is 1. The molecule has 0 spiro atoms. The first kappa shape index (κ1) is 34.8. The van der Waals surface area contributed by atoms with Crippen molar-refractivity contribution in [3.05, 3.63) is 78.8 Å². The first-order valence-corrected chi connectivity index (χ1v) is 19.0. The van der Waals surface area contributed by atoms with Crippen LogP contribution in [-0.2, 0) is 42.7 Å². The highest BCUT2D eigenvalue weighted by molar-refractivity contribution is 7.96. The highest BCUT2D eigenvalue weighted by atomic mass is 32.2. The van der Waals surface area contributed by atoms with Crippen molar-refractivity contribution in [3.63, 3.8) is 0 Å². The standard InChI is InChI=1S/C32H29F6NO5S4/c1-18(48(41,42)32(36,37)38)28-29(44-47(40)31(33,34)35)24(30(2,3)43-28)11-10-23-17-26-25(46-23)16-22(45-26)9-8-19-14-20-6-4-12-39-13-5-7-21(15-19)27(20)39/h8-11,14-17H,4-7,12-13H2,1-3H3/b9-8+,11-10+,28-18-. The number of hydrogen-bond acceptors (Lipinski definition) is 8. The molecule has 3 aliphatic heterocycles. The van der Waals surface area contributed by atoms with Crippen molar-refractivity contribution < 1.29 is 47.9 Å². The number of nitrogens with zero attached hydrogens (tertiary/aromatic N) is 1. The zero-order valence-electron chi connectivity index (χ0n) is 25.8. The molecular formula is C32H29F6NO5S4. The average Bonchev–Trinajstić information content (AvgIpc) is 3.63. The van der Waals surface area contributed by atoms with Crippen molar-refractivity contribution in [1.29, 1.82) is 0 Å². The Hall–Kier alpha value is -3.08. The van der Waals surface area contributed by atoms with Crippen molar-refractivity contribution in [3.8, 4) is 0 Å². The highest BCUT2D eigenvalue weighted by Crippen LogP contribution is 2.46. The lowest BCUT2D eigenvalue weighted by molar-refractivity contribution is -0.0459. The predicted octanol–water partition coefficient (Wildman–Crippen LogP) is 9.27. The number of allylic oxidation sites excluding steroid dienone is 1. The van der Waals surface area contributed by atoms with E-state index >= 15 is 0 Å². The number of thiophene rings is 2. The molecule has 2 aromatic heterocycles. The van der Waals surface area contributed by atoms with E-state index in [1.54, 1.807) is 11.3 Å². The number of rotatable bonds is 7. The molecule has 1 atom stereocenters. The maximum absolute atomic E-state index is 13.3. The van der Waals surface area contributed by atoms with Gasteiger partial charge in [0.1, 0.15) is 5.60 Å². The summed E-state index contributed by atoms with van der Waals surface area (Å²) in [6.45, 7) is 5.38. The largest absolute Gasteiger partial charge is 0.508 e. The molecule has 258 valence electrons. The molecule has 6 rings (SSSR count). The maximum atomic E-state index is 13.3. The van der Waals surface area contributed by atoms with Crippen molar-refractivity contribution in [1.82, 2.24) is 0 Å². The molecule has 0 radical (unpaired) electrons. The summed E-state index contributed by atoms with van der Waals surface area (Å²) in [4.78, 5) is 2.75. The summed E-state index contributed by atoms with van der Waals surface area (Å²) >= 11 is -1.11. The van der Waals surface area contributed by atoms with Gasteiger partial charge in [0.05, 0.1) is 4.91 Å². The molecule has 0 amide bonds. The maximum Gasteiger partial charge on any atom is 0.508 e. The van der Waals surface area contributed by atoms with E-state index in [4.69, 9.17) is 4.74 Å². The molecule has 0 saturated carbocycles. The number of sulfone groups is 1. The number of anilines is 1. The van der Waals surface area contributed by atoms with Crippen LogP contribution in [0.2, 0.25) is 0 Å². The smallest absolute Gasteiger partial charge is 0.478 e. The SMILES string of the molecule is C/C(=C1/OC(C)(C)C(/C=C/c2cc3sc(/C=C/c4cc5c6c(c4)CCCN6CCC5)cc3s2)=C1OS(=O)C(F)(F)F)S(=O)(=O)C(F)(F)F. The van der Waals surface area contributed by atoms with Gasteiger partial charge in [-0.2, -0.15) is 26.3 Å². The number of aryl methyl sites for hydroxylation is 2. The van der Waals surface area contributed by atoms with Crippen LogP contribution >= 0.6 is 22.7 Å². The van der Waals surface area contributed by atoms with Gasteiger partial charge < -0.3 is 13.8 Å². The molecule has 3 aliphatic rings. The van der Waals surface area contributed by atoms with Gasteiger partial charge in [-0.25, -0.2) is 12.6 Å². The summed E-state index contributed by atoms with van der Waals surface area (Å²) in [5.74, 6) is -2.11. The molecule has 0 fully saturated rings. The van der Waals surface area contributed by atoms with Crippen LogP contribution in [0.5, 0.6) is 0 Å². The second-order valence-corrected chi connectivity index (χ2v) is 17.4. The van der Waals surface area contributed by atoms with Gasteiger partial charge in [-0.1, -0.05) is 6.08 Å². The Bertz CT molecular complexity index is 1980. The number of ether oxygens (including phenoxy) is 1. The Labute approximate surface area is 283 Å². The number of hydrogen-bond donors (Lipinski definition) is 0. The van der Waals surface area contributed by atoms with Gasteiger partial charge in [0.25, 0.3) is 9.84 Å². The third-order valence-electron chi connectivity index (χ3n) is 8.29.